The van der Waals surface area contributed by atoms with Crippen LogP contribution in [0, 0.1) is 13.8 Å². The highest BCUT2D eigenvalue weighted by atomic mass is 32.1. The molecule has 0 aliphatic carbocycles. The number of rotatable bonds is 2. The van der Waals surface area contributed by atoms with Crippen LogP contribution in [-0.4, -0.2) is 15.2 Å². The van der Waals surface area contributed by atoms with Gasteiger partial charge in [0.1, 0.15) is 0 Å². The van der Waals surface area contributed by atoms with Crippen molar-refractivity contribution >= 4 is 28.2 Å². The predicted molar refractivity (Wildman–Crippen MR) is 62.3 cm³/mol. The summed E-state index contributed by atoms with van der Waals surface area (Å²) in [5.41, 5.74) is 3.11. The van der Waals surface area contributed by atoms with Crippen molar-refractivity contribution in [2.45, 2.75) is 20.8 Å². The molecule has 0 saturated heterocycles. The molecule has 4 heteroatoms. The minimum absolute atomic E-state index is 0.0530. The van der Waals surface area contributed by atoms with E-state index in [0.29, 0.717) is 0 Å². The Morgan fingerprint density at radius 2 is 2.27 bits per heavy atom. The van der Waals surface area contributed by atoms with Gasteiger partial charge in [0.05, 0.1) is 11.4 Å². The molecule has 0 saturated carbocycles. The Labute approximate surface area is 92.1 Å². The molecule has 0 spiro atoms. The molecule has 0 aromatic carbocycles. The van der Waals surface area contributed by atoms with Crippen LogP contribution < -0.4 is 0 Å². The normalized spacial score (nSPS) is 11.7. The van der Waals surface area contributed by atoms with Crippen molar-refractivity contribution in [1.29, 1.82) is 0 Å². The molecule has 2 aromatic rings. The number of hydrogen-bond acceptors (Lipinski definition) is 3. The molecule has 78 valence electrons. The van der Waals surface area contributed by atoms with Gasteiger partial charge in [0.25, 0.3) is 0 Å². The lowest BCUT2D eigenvalue weighted by Crippen LogP contribution is -1.89. The third-order valence-corrected chi connectivity index (χ3v) is 3.17. The molecule has 0 bridgehead atoms. The lowest BCUT2D eigenvalue weighted by Gasteiger charge is -1.95. The highest BCUT2D eigenvalue weighted by Crippen LogP contribution is 2.21. The van der Waals surface area contributed by atoms with E-state index < -0.39 is 0 Å². The highest BCUT2D eigenvalue weighted by molar-refractivity contribution is 7.15. The van der Waals surface area contributed by atoms with Crippen LogP contribution in [0.3, 0.4) is 0 Å². The monoisotopic (exact) mass is 220 g/mol. The Hall–Kier alpha value is -1.42. The van der Waals surface area contributed by atoms with Crippen molar-refractivity contribution in [3.8, 4) is 0 Å². The molecule has 0 N–H and O–H groups in total. The zero-order valence-electron chi connectivity index (χ0n) is 8.94. The molecule has 0 fully saturated rings. The fraction of sp³-hybridized carbons (Fsp3) is 0.273. The van der Waals surface area contributed by atoms with Gasteiger partial charge in [-0.1, -0.05) is 0 Å². The van der Waals surface area contributed by atoms with Crippen LogP contribution in [0.2, 0.25) is 0 Å². The number of ketones is 1. The maximum absolute atomic E-state index is 10.9. The van der Waals surface area contributed by atoms with Gasteiger partial charge in [-0.2, -0.15) is 0 Å². The topological polar surface area (TPSA) is 34.4 Å². The fourth-order valence-electron chi connectivity index (χ4n) is 1.52. The smallest absolute Gasteiger partial charge is 0.194 e. The van der Waals surface area contributed by atoms with Crippen molar-refractivity contribution in [2.75, 3.05) is 0 Å². The largest absolute Gasteiger partial charge is 0.295 e. The molecular formula is C11H12N2OS. The van der Waals surface area contributed by atoms with Crippen LogP contribution >= 0.6 is 11.3 Å². The second-order valence-corrected chi connectivity index (χ2v) is 4.36. The number of nitrogens with zero attached hydrogens (tertiary/aromatic N) is 2. The zero-order chi connectivity index (χ0) is 11.0. The summed E-state index contributed by atoms with van der Waals surface area (Å²) >= 11 is 1.62. The first kappa shape index (κ1) is 10.1. The minimum atomic E-state index is 0.0530. The number of carbonyl (C=O) groups is 1. The van der Waals surface area contributed by atoms with E-state index >= 15 is 0 Å². The van der Waals surface area contributed by atoms with E-state index in [1.54, 1.807) is 24.3 Å². The quantitative estimate of drug-likeness (QED) is 0.729. The molecule has 2 heterocycles. The van der Waals surface area contributed by atoms with Crippen molar-refractivity contribution in [2.24, 2.45) is 0 Å². The summed E-state index contributed by atoms with van der Waals surface area (Å²) in [4.78, 5) is 16.3. The second-order valence-electron chi connectivity index (χ2n) is 3.52. The van der Waals surface area contributed by atoms with E-state index in [9.17, 15) is 4.79 Å². The Morgan fingerprint density at radius 1 is 1.53 bits per heavy atom. The number of carbonyl (C=O) groups excluding carboxylic acids is 1. The van der Waals surface area contributed by atoms with Gasteiger partial charge < -0.3 is 0 Å². The van der Waals surface area contributed by atoms with Gasteiger partial charge in [0.2, 0.25) is 0 Å². The summed E-state index contributed by atoms with van der Waals surface area (Å²) in [7, 11) is 0. The summed E-state index contributed by atoms with van der Waals surface area (Å²) in [6, 6.07) is 0. The van der Waals surface area contributed by atoms with E-state index in [1.807, 2.05) is 19.9 Å². The van der Waals surface area contributed by atoms with Crippen LogP contribution in [0.25, 0.3) is 11.0 Å². The molecular weight excluding hydrogens is 208 g/mol. The van der Waals surface area contributed by atoms with Gasteiger partial charge >= 0.3 is 0 Å². The lowest BCUT2D eigenvalue weighted by molar-refractivity contribution is -0.112. The molecule has 2 aromatic heterocycles. The first-order chi connectivity index (χ1) is 7.09. The molecule has 0 radical (unpaired) electrons. The Bertz CT molecular complexity index is 548. The maximum atomic E-state index is 10.9. The van der Waals surface area contributed by atoms with Gasteiger partial charge in [-0.05, 0) is 32.9 Å². The first-order valence-electron chi connectivity index (χ1n) is 4.71. The first-order valence-corrected chi connectivity index (χ1v) is 5.59. The van der Waals surface area contributed by atoms with Crippen molar-refractivity contribution in [3.05, 3.63) is 28.5 Å². The molecule has 0 amide bonds. The summed E-state index contributed by atoms with van der Waals surface area (Å²) < 4.78 is 2.07. The van der Waals surface area contributed by atoms with Gasteiger partial charge in [-0.15, -0.1) is 11.3 Å². The molecule has 0 atom stereocenters. The average molecular weight is 220 g/mol. The Balaban J connectivity index is 2.62. The van der Waals surface area contributed by atoms with Gasteiger partial charge in [0.15, 0.2) is 10.7 Å². The van der Waals surface area contributed by atoms with Crippen LogP contribution in [0.4, 0.5) is 0 Å². The van der Waals surface area contributed by atoms with Crippen molar-refractivity contribution in [1.82, 2.24) is 9.38 Å². The second kappa shape index (κ2) is 3.62. The van der Waals surface area contributed by atoms with Crippen LogP contribution in [0.5, 0.6) is 0 Å². The Morgan fingerprint density at radius 3 is 2.93 bits per heavy atom. The van der Waals surface area contributed by atoms with Crippen molar-refractivity contribution in [3.63, 3.8) is 0 Å². The van der Waals surface area contributed by atoms with Crippen molar-refractivity contribution < 1.29 is 4.79 Å². The third kappa shape index (κ3) is 1.72. The van der Waals surface area contributed by atoms with Crippen LogP contribution in [-0.2, 0) is 4.79 Å². The zero-order valence-corrected chi connectivity index (χ0v) is 9.76. The maximum Gasteiger partial charge on any atom is 0.194 e. The fourth-order valence-corrected chi connectivity index (χ4v) is 2.44. The molecule has 0 aliphatic rings. The highest BCUT2D eigenvalue weighted by Gasteiger charge is 2.09. The third-order valence-electron chi connectivity index (χ3n) is 2.23. The minimum Gasteiger partial charge on any atom is -0.295 e. The SMILES string of the molecule is CC(=O)C=Cc1c(C)nc2scc(C)n12. The standard InChI is InChI=1S/C11H12N2OS/c1-7-6-15-11-12-9(3)10(13(7)11)5-4-8(2)14/h4-6H,1-3H3. The molecule has 15 heavy (non-hydrogen) atoms. The summed E-state index contributed by atoms with van der Waals surface area (Å²) in [6.45, 7) is 5.54. The number of aryl methyl sites for hydroxylation is 2. The lowest BCUT2D eigenvalue weighted by atomic mass is 10.3. The molecule has 0 unspecified atom stereocenters. The van der Waals surface area contributed by atoms with Gasteiger partial charge in [0, 0.05) is 11.1 Å². The number of aromatic nitrogens is 2. The number of fused-ring (bicyclic) bond motifs is 1. The van der Waals surface area contributed by atoms with Crippen LogP contribution in [0.15, 0.2) is 11.5 Å². The molecule has 3 nitrogen and oxygen atoms in total. The van der Waals surface area contributed by atoms with E-state index in [1.165, 1.54) is 0 Å². The number of imidazole rings is 1. The van der Waals surface area contributed by atoms with E-state index in [4.69, 9.17) is 0 Å². The van der Waals surface area contributed by atoms with Crippen LogP contribution in [0.1, 0.15) is 24.0 Å². The van der Waals surface area contributed by atoms with E-state index in [0.717, 1.165) is 22.0 Å². The molecule has 0 aliphatic heterocycles. The summed E-state index contributed by atoms with van der Waals surface area (Å²) in [6.07, 6.45) is 3.41. The summed E-state index contributed by atoms with van der Waals surface area (Å²) in [5, 5.41) is 2.06. The van der Waals surface area contributed by atoms with Gasteiger partial charge in [-0.25, -0.2) is 4.98 Å². The summed E-state index contributed by atoms with van der Waals surface area (Å²) in [5.74, 6) is 0.0530. The number of thiazole rings is 1. The average Bonchev–Trinajstić information content (AvgIpc) is 2.64. The Kier molecular flexibility index (Phi) is 2.44. The van der Waals surface area contributed by atoms with E-state index in [2.05, 4.69) is 14.8 Å². The number of hydrogen-bond donors (Lipinski definition) is 0. The number of allylic oxidation sites excluding steroid dienone is 1. The van der Waals surface area contributed by atoms with E-state index in [-0.39, 0.29) is 5.78 Å². The van der Waals surface area contributed by atoms with Gasteiger partial charge in [-0.3, -0.25) is 9.20 Å². The molecule has 2 rings (SSSR count). The predicted octanol–water partition coefficient (Wildman–Crippen LogP) is 2.61.